The highest BCUT2D eigenvalue weighted by Gasteiger charge is 2.25. The number of Topliss-reactive ketones (excluding diaryl/α,β-unsaturated/α-hetero) is 1. The van der Waals surface area contributed by atoms with E-state index in [1.165, 1.54) is 7.11 Å². The van der Waals surface area contributed by atoms with Crippen LogP contribution in [-0.4, -0.2) is 54.5 Å². The highest BCUT2D eigenvalue weighted by atomic mass is 16.5. The van der Waals surface area contributed by atoms with Gasteiger partial charge in [-0.2, -0.15) is 4.79 Å². The van der Waals surface area contributed by atoms with Crippen LogP contribution in [0.15, 0.2) is 0 Å². The van der Waals surface area contributed by atoms with Gasteiger partial charge in [0.15, 0.2) is 0 Å². The average molecular weight is 327 g/mol. The van der Waals surface area contributed by atoms with Crippen molar-refractivity contribution < 1.29 is 28.6 Å². The van der Waals surface area contributed by atoms with Gasteiger partial charge in [-0.1, -0.05) is 13.8 Å². The van der Waals surface area contributed by atoms with Crippen LogP contribution >= 0.6 is 0 Å². The van der Waals surface area contributed by atoms with Gasteiger partial charge in [-0.05, 0) is 25.7 Å². The van der Waals surface area contributed by atoms with Crippen LogP contribution in [0.5, 0.6) is 0 Å². The van der Waals surface area contributed by atoms with Crippen LogP contribution in [0, 0.1) is 5.92 Å². The smallest absolute Gasteiger partial charge is 0.328 e. The molecule has 1 amide bonds. The van der Waals surface area contributed by atoms with Crippen LogP contribution in [0.25, 0.3) is 5.53 Å². The van der Waals surface area contributed by atoms with E-state index in [1.54, 1.807) is 6.92 Å². The summed E-state index contributed by atoms with van der Waals surface area (Å²) in [7, 11) is 1.38. The molecule has 130 valence electrons. The van der Waals surface area contributed by atoms with E-state index in [0.717, 1.165) is 6.21 Å². The Hall–Kier alpha value is -2.05. The molecule has 0 unspecified atom stereocenters. The Bertz CT molecular complexity index is 458. The van der Waals surface area contributed by atoms with E-state index in [1.807, 2.05) is 13.8 Å². The van der Waals surface area contributed by atoms with Crippen molar-refractivity contribution in [1.82, 2.24) is 5.32 Å². The first kappa shape index (κ1) is 20.9. The van der Waals surface area contributed by atoms with Crippen molar-refractivity contribution in [2.45, 2.75) is 52.2 Å². The molecule has 0 aromatic rings. The number of ketones is 1. The number of methoxy groups -OCH3 is 1. The molecule has 0 fully saturated rings. The van der Waals surface area contributed by atoms with Crippen molar-refractivity contribution in [3.63, 3.8) is 0 Å². The summed E-state index contributed by atoms with van der Waals surface area (Å²) in [5, 5.41) is 2.51. The molecule has 0 rings (SSSR count). The maximum atomic E-state index is 12.1. The molecule has 0 saturated heterocycles. The maximum Gasteiger partial charge on any atom is 0.328 e. The van der Waals surface area contributed by atoms with Crippen LogP contribution < -0.4 is 5.32 Å². The molecule has 0 saturated carbocycles. The first-order chi connectivity index (χ1) is 10.8. The fraction of sp³-hybridized carbons (Fsp3) is 0.733. The van der Waals surface area contributed by atoms with E-state index in [9.17, 15) is 14.4 Å². The molecule has 1 N–H and O–H groups in total. The third-order valence-electron chi connectivity index (χ3n) is 3.14. The van der Waals surface area contributed by atoms with Gasteiger partial charge in [0.05, 0.1) is 6.61 Å². The second-order valence-corrected chi connectivity index (χ2v) is 5.54. The second-order valence-electron chi connectivity index (χ2n) is 5.54. The zero-order valence-electron chi connectivity index (χ0n) is 14.1. The zero-order chi connectivity index (χ0) is 17.8. The molecule has 0 aromatic heterocycles. The summed E-state index contributed by atoms with van der Waals surface area (Å²) in [6, 6.07) is -0.955. The summed E-state index contributed by atoms with van der Waals surface area (Å²) < 4.78 is 10.0. The van der Waals surface area contributed by atoms with E-state index in [-0.39, 0.29) is 19.4 Å². The second kappa shape index (κ2) is 11.5. The molecule has 0 aliphatic carbocycles. The molecule has 8 nitrogen and oxygen atoms in total. The van der Waals surface area contributed by atoms with E-state index in [2.05, 4.69) is 10.1 Å². The Morgan fingerprint density at radius 3 is 2.39 bits per heavy atom. The van der Waals surface area contributed by atoms with Crippen LogP contribution in [0.1, 0.15) is 40.0 Å². The van der Waals surface area contributed by atoms with E-state index in [4.69, 9.17) is 15.0 Å². The molecule has 0 heterocycles. The monoisotopic (exact) mass is 327 g/mol. The van der Waals surface area contributed by atoms with Gasteiger partial charge in [-0.3, -0.25) is 9.59 Å². The summed E-state index contributed by atoms with van der Waals surface area (Å²) in [5.74, 6) is -1.15. The first-order valence-electron chi connectivity index (χ1n) is 7.51. The summed E-state index contributed by atoms with van der Waals surface area (Å²) in [6.45, 7) is 5.79. The van der Waals surface area contributed by atoms with Crippen molar-refractivity contribution in [2.24, 2.45) is 5.92 Å². The number of hydrogen-bond donors (Lipinski definition) is 1. The van der Waals surface area contributed by atoms with Crippen molar-refractivity contribution in [3.8, 4) is 0 Å². The maximum absolute atomic E-state index is 12.1. The zero-order valence-corrected chi connectivity index (χ0v) is 14.1. The lowest BCUT2D eigenvalue weighted by Gasteiger charge is -2.19. The molecule has 23 heavy (non-hydrogen) atoms. The number of esters is 1. The molecule has 0 aliphatic heterocycles. The van der Waals surface area contributed by atoms with Gasteiger partial charge in [0, 0.05) is 13.5 Å². The molecule has 8 heteroatoms. The molecule has 0 spiro atoms. The predicted molar refractivity (Wildman–Crippen MR) is 82.7 cm³/mol. The largest absolute Gasteiger partial charge is 0.464 e. The topological polar surface area (TPSA) is 118 Å². The van der Waals surface area contributed by atoms with Crippen LogP contribution in [0.3, 0.4) is 0 Å². The van der Waals surface area contributed by atoms with E-state index in [0.29, 0.717) is 12.3 Å². The van der Waals surface area contributed by atoms with Gasteiger partial charge < -0.3 is 20.3 Å². The lowest BCUT2D eigenvalue weighted by atomic mass is 10.1. The van der Waals surface area contributed by atoms with Gasteiger partial charge in [-0.15, -0.1) is 0 Å². The summed E-state index contributed by atoms with van der Waals surface area (Å²) in [6.07, 6.45) is 0.719. The average Bonchev–Trinajstić information content (AvgIpc) is 2.49. The van der Waals surface area contributed by atoms with Crippen molar-refractivity contribution >= 4 is 23.9 Å². The minimum atomic E-state index is -0.955. The molecule has 0 bridgehead atoms. The van der Waals surface area contributed by atoms with E-state index < -0.39 is 29.8 Å². The highest BCUT2D eigenvalue weighted by Crippen LogP contribution is 2.05. The number of nitrogens with zero attached hydrogens (tertiary/aromatic N) is 2. The Morgan fingerprint density at radius 2 is 1.87 bits per heavy atom. The molecule has 2 atom stereocenters. The molecule has 0 aromatic carbocycles. The summed E-state index contributed by atoms with van der Waals surface area (Å²) in [4.78, 5) is 37.9. The molecule has 0 aliphatic rings. The number of nitrogens with one attached hydrogen (secondary N) is 1. The van der Waals surface area contributed by atoms with Gasteiger partial charge in [0.1, 0.15) is 12.1 Å². The summed E-state index contributed by atoms with van der Waals surface area (Å²) >= 11 is 0. The minimum absolute atomic E-state index is 0.0491. The molecular weight excluding hydrogens is 302 g/mol. The predicted octanol–water partition coefficient (Wildman–Crippen LogP) is 0.745. The Morgan fingerprint density at radius 1 is 1.22 bits per heavy atom. The van der Waals surface area contributed by atoms with Crippen LogP contribution in [0.4, 0.5) is 0 Å². The Labute approximate surface area is 136 Å². The fourth-order valence-electron chi connectivity index (χ4n) is 1.56. The van der Waals surface area contributed by atoms with Crippen molar-refractivity contribution in [1.29, 1.82) is 0 Å². The lowest BCUT2D eigenvalue weighted by molar-refractivity contribution is -0.149. The van der Waals surface area contributed by atoms with Gasteiger partial charge in [-0.25, -0.2) is 4.79 Å². The van der Waals surface area contributed by atoms with Crippen molar-refractivity contribution in [3.05, 3.63) is 5.53 Å². The number of ether oxygens (including phenoxy) is 2. The van der Waals surface area contributed by atoms with Gasteiger partial charge in [0.2, 0.25) is 11.7 Å². The lowest BCUT2D eigenvalue weighted by Crippen LogP contribution is -2.46. The minimum Gasteiger partial charge on any atom is -0.464 e. The Kier molecular flexibility index (Phi) is 10.5. The highest BCUT2D eigenvalue weighted by molar-refractivity contribution is 6.25. The number of rotatable bonds is 11. The quantitative estimate of drug-likeness (QED) is 0.260. The van der Waals surface area contributed by atoms with E-state index >= 15 is 0 Å². The van der Waals surface area contributed by atoms with Crippen molar-refractivity contribution in [2.75, 3.05) is 13.7 Å². The molecular formula is C15H25N3O5. The number of amides is 1. The summed E-state index contributed by atoms with van der Waals surface area (Å²) in [5.41, 5.74) is 8.30. The third kappa shape index (κ3) is 9.55. The van der Waals surface area contributed by atoms with Gasteiger partial charge in [0.25, 0.3) is 0 Å². The number of hydrogen-bond acceptors (Lipinski definition) is 5. The Balaban J connectivity index is 4.70. The third-order valence-corrected chi connectivity index (χ3v) is 3.14. The fourth-order valence-corrected chi connectivity index (χ4v) is 1.56. The van der Waals surface area contributed by atoms with Crippen LogP contribution in [-0.2, 0) is 23.9 Å². The SMILES string of the molecule is CO[C@@H](C)C(=O)N[C@@H](CCC(=O)C=[N+]=[N-])C(=O)OCCC(C)C. The van der Waals surface area contributed by atoms with Crippen LogP contribution in [0.2, 0.25) is 0 Å². The first-order valence-corrected chi connectivity index (χ1v) is 7.51. The van der Waals surface area contributed by atoms with Gasteiger partial charge >= 0.3 is 12.2 Å². The normalized spacial score (nSPS) is 12.9. The molecule has 0 radical (unpaired) electrons. The standard InChI is InChI=1S/C15H25N3O5/c1-10(2)7-8-23-15(21)13(6-5-12(19)9-17-16)18-14(20)11(3)22-4/h9-11,13H,5-8H2,1-4H3,(H,18,20)/t11-,13-/m0/s1. The number of carbonyl (C=O) groups is 3. The number of carbonyl (C=O) groups excluding carboxylic acids is 3.